The van der Waals surface area contributed by atoms with Gasteiger partial charge in [-0.1, -0.05) is 35.9 Å². The summed E-state index contributed by atoms with van der Waals surface area (Å²) in [7, 11) is 0. The first-order valence-electron chi connectivity index (χ1n) is 9.88. The number of hydrogen-bond donors (Lipinski definition) is 2. The lowest BCUT2D eigenvalue weighted by molar-refractivity contribution is 0.0341. The van der Waals surface area contributed by atoms with Crippen LogP contribution >= 0.6 is 22.9 Å². The van der Waals surface area contributed by atoms with E-state index in [1.807, 2.05) is 6.07 Å². The molecule has 0 saturated carbocycles. The fourth-order valence-electron chi connectivity index (χ4n) is 3.16. The Morgan fingerprint density at radius 1 is 1.14 bits per heavy atom. The molecule has 1 saturated heterocycles. The molecule has 2 heterocycles. The number of benzene rings is 1. The largest absolute Gasteiger partial charge is 0.379 e. The van der Waals surface area contributed by atoms with Gasteiger partial charge in [-0.3, -0.25) is 4.90 Å². The Balaban J connectivity index is 1.57. The van der Waals surface area contributed by atoms with Gasteiger partial charge < -0.3 is 15.4 Å². The molecule has 1 fully saturated rings. The molecule has 2 N–H and O–H groups in total. The number of halogens is 1. The number of rotatable bonds is 8. The van der Waals surface area contributed by atoms with Gasteiger partial charge in [0.25, 0.3) is 0 Å². The molecule has 0 aliphatic carbocycles. The second-order valence-corrected chi connectivity index (χ2v) is 8.53. The van der Waals surface area contributed by atoms with Gasteiger partial charge in [0.05, 0.1) is 24.1 Å². The van der Waals surface area contributed by atoms with Crippen LogP contribution < -0.4 is 10.6 Å². The molecule has 1 aliphatic heterocycles. The van der Waals surface area contributed by atoms with E-state index in [0.717, 1.165) is 62.7 Å². The predicted octanol–water partition coefficient (Wildman–Crippen LogP) is 3.53. The van der Waals surface area contributed by atoms with Crippen molar-refractivity contribution in [3.05, 3.63) is 56.7 Å². The second kappa shape index (κ2) is 11.4. The summed E-state index contributed by atoms with van der Waals surface area (Å²) in [4.78, 5) is 8.53. The monoisotopic (exact) mass is 420 g/mol. The predicted molar refractivity (Wildman–Crippen MR) is 118 cm³/mol. The Labute approximate surface area is 176 Å². The third-order valence-corrected chi connectivity index (χ3v) is 5.95. The number of aliphatic imine (C=N–C) groups is 1. The van der Waals surface area contributed by atoms with E-state index in [1.165, 1.54) is 16.0 Å². The van der Waals surface area contributed by atoms with Crippen LogP contribution in [0.5, 0.6) is 0 Å². The Kier molecular flexibility index (Phi) is 8.61. The lowest BCUT2D eigenvalue weighted by Gasteiger charge is -2.27. The van der Waals surface area contributed by atoms with Gasteiger partial charge in [-0.2, -0.15) is 0 Å². The Morgan fingerprint density at radius 3 is 2.64 bits per heavy atom. The zero-order chi connectivity index (χ0) is 19.6. The maximum atomic E-state index is 6.01. The van der Waals surface area contributed by atoms with Crippen molar-refractivity contribution in [3.8, 4) is 0 Å². The van der Waals surface area contributed by atoms with E-state index in [1.54, 1.807) is 11.3 Å². The van der Waals surface area contributed by atoms with Gasteiger partial charge in [0.2, 0.25) is 0 Å². The Hall–Kier alpha value is -1.60. The van der Waals surface area contributed by atoms with Crippen molar-refractivity contribution in [1.82, 2.24) is 15.5 Å². The summed E-state index contributed by atoms with van der Waals surface area (Å²) in [6.45, 7) is 9.02. The molecule has 5 nitrogen and oxygen atoms in total. The molecule has 0 spiro atoms. The lowest BCUT2D eigenvalue weighted by Crippen LogP contribution is -2.38. The average molecular weight is 421 g/mol. The maximum absolute atomic E-state index is 6.01. The van der Waals surface area contributed by atoms with Gasteiger partial charge in [0, 0.05) is 37.6 Å². The molecule has 28 heavy (non-hydrogen) atoms. The van der Waals surface area contributed by atoms with E-state index in [2.05, 4.69) is 52.8 Å². The minimum atomic E-state index is 0.667. The fourth-order valence-corrected chi connectivity index (χ4v) is 4.25. The summed E-state index contributed by atoms with van der Waals surface area (Å²) in [5.74, 6) is 0.853. The van der Waals surface area contributed by atoms with Crippen molar-refractivity contribution in [2.24, 2.45) is 4.99 Å². The lowest BCUT2D eigenvalue weighted by atomic mass is 10.1. The number of ether oxygens (including phenoxy) is 1. The number of guanidine groups is 1. The highest BCUT2D eigenvalue weighted by Gasteiger charge is 2.12. The van der Waals surface area contributed by atoms with Crippen LogP contribution in [0.3, 0.4) is 0 Å². The summed E-state index contributed by atoms with van der Waals surface area (Å²) in [6, 6.07) is 12.6. The number of thiophene rings is 1. The summed E-state index contributed by atoms with van der Waals surface area (Å²) < 4.78 is 6.30. The smallest absolute Gasteiger partial charge is 0.191 e. The van der Waals surface area contributed by atoms with Crippen molar-refractivity contribution in [2.75, 3.05) is 39.4 Å². The molecule has 0 bridgehead atoms. The SMILES string of the molecule is CCNC(=NCc1ccccc1CN1CCOCC1)NCCc1ccc(Cl)s1. The van der Waals surface area contributed by atoms with Crippen molar-refractivity contribution in [3.63, 3.8) is 0 Å². The molecule has 0 atom stereocenters. The molecule has 3 rings (SSSR count). The molecule has 2 aromatic rings. The first-order chi connectivity index (χ1) is 13.7. The van der Waals surface area contributed by atoms with Crippen molar-refractivity contribution < 1.29 is 4.74 Å². The second-order valence-electron chi connectivity index (χ2n) is 6.73. The molecular formula is C21H29ClN4OS. The van der Waals surface area contributed by atoms with Crippen molar-refractivity contribution in [2.45, 2.75) is 26.4 Å². The first kappa shape index (κ1) is 21.1. The Morgan fingerprint density at radius 2 is 1.93 bits per heavy atom. The molecule has 0 amide bonds. The molecule has 0 radical (unpaired) electrons. The van der Waals surface area contributed by atoms with Gasteiger partial charge in [-0.15, -0.1) is 11.3 Å². The minimum Gasteiger partial charge on any atom is -0.379 e. The van der Waals surface area contributed by atoms with E-state index in [-0.39, 0.29) is 0 Å². The van der Waals surface area contributed by atoms with Crippen LogP contribution in [0.2, 0.25) is 4.34 Å². The van der Waals surface area contributed by atoms with Crippen LogP contribution in [0.15, 0.2) is 41.4 Å². The topological polar surface area (TPSA) is 48.9 Å². The van der Waals surface area contributed by atoms with Gasteiger partial charge in [0.1, 0.15) is 0 Å². The van der Waals surface area contributed by atoms with Crippen LogP contribution in [0.1, 0.15) is 22.9 Å². The summed E-state index contributed by atoms with van der Waals surface area (Å²) >= 11 is 7.64. The van der Waals surface area contributed by atoms with Gasteiger partial charge >= 0.3 is 0 Å². The van der Waals surface area contributed by atoms with Gasteiger partial charge in [-0.25, -0.2) is 4.99 Å². The molecule has 0 unspecified atom stereocenters. The van der Waals surface area contributed by atoms with E-state index in [0.29, 0.717) is 6.54 Å². The van der Waals surface area contributed by atoms with Crippen LogP contribution in [-0.4, -0.2) is 50.3 Å². The summed E-state index contributed by atoms with van der Waals surface area (Å²) in [6.07, 6.45) is 0.940. The van der Waals surface area contributed by atoms with Crippen LogP contribution in [0.25, 0.3) is 0 Å². The quantitative estimate of drug-likeness (QED) is 0.506. The molecular weight excluding hydrogens is 392 g/mol. The number of nitrogens with one attached hydrogen (secondary N) is 2. The van der Waals surface area contributed by atoms with E-state index in [4.69, 9.17) is 21.3 Å². The minimum absolute atomic E-state index is 0.667. The number of morpholine rings is 1. The van der Waals surface area contributed by atoms with E-state index >= 15 is 0 Å². The molecule has 1 aromatic carbocycles. The first-order valence-corrected chi connectivity index (χ1v) is 11.1. The van der Waals surface area contributed by atoms with Crippen LogP contribution in [0.4, 0.5) is 0 Å². The third-order valence-electron chi connectivity index (χ3n) is 4.66. The summed E-state index contributed by atoms with van der Waals surface area (Å²) in [5, 5.41) is 6.76. The Bertz CT molecular complexity index is 758. The molecule has 1 aromatic heterocycles. The highest BCUT2D eigenvalue weighted by atomic mass is 35.5. The highest BCUT2D eigenvalue weighted by Crippen LogP contribution is 2.21. The average Bonchev–Trinajstić information content (AvgIpc) is 3.13. The zero-order valence-corrected chi connectivity index (χ0v) is 18.0. The van der Waals surface area contributed by atoms with Gasteiger partial charge in [-0.05, 0) is 36.6 Å². The number of nitrogens with zero attached hydrogens (tertiary/aromatic N) is 2. The van der Waals surface area contributed by atoms with Crippen molar-refractivity contribution >= 4 is 28.9 Å². The molecule has 7 heteroatoms. The maximum Gasteiger partial charge on any atom is 0.191 e. The number of hydrogen-bond acceptors (Lipinski definition) is 4. The third kappa shape index (κ3) is 6.78. The normalized spacial score (nSPS) is 15.6. The van der Waals surface area contributed by atoms with Crippen LogP contribution in [-0.2, 0) is 24.2 Å². The molecule has 1 aliphatic rings. The van der Waals surface area contributed by atoms with E-state index < -0.39 is 0 Å². The zero-order valence-electron chi connectivity index (χ0n) is 16.4. The fraction of sp³-hybridized carbons (Fsp3) is 0.476. The molecule has 152 valence electrons. The summed E-state index contributed by atoms with van der Waals surface area (Å²) in [5.41, 5.74) is 2.62. The van der Waals surface area contributed by atoms with Crippen molar-refractivity contribution in [1.29, 1.82) is 0 Å². The highest BCUT2D eigenvalue weighted by molar-refractivity contribution is 7.16. The standard InChI is InChI=1S/C21H29ClN4OS/c1-2-23-21(24-10-9-19-7-8-20(22)28-19)25-15-17-5-3-4-6-18(17)16-26-11-13-27-14-12-26/h3-8H,2,9-16H2,1H3,(H2,23,24,25). The van der Waals surface area contributed by atoms with Crippen LogP contribution in [0, 0.1) is 0 Å². The van der Waals surface area contributed by atoms with Gasteiger partial charge in [0.15, 0.2) is 5.96 Å². The van der Waals surface area contributed by atoms with E-state index in [9.17, 15) is 0 Å².